The van der Waals surface area contributed by atoms with Crippen molar-refractivity contribution in [2.24, 2.45) is 5.73 Å². The van der Waals surface area contributed by atoms with Crippen molar-refractivity contribution in [3.05, 3.63) is 22.7 Å². The van der Waals surface area contributed by atoms with Crippen molar-refractivity contribution in [3.63, 3.8) is 0 Å². The van der Waals surface area contributed by atoms with E-state index in [-0.39, 0.29) is 23.3 Å². The number of amides is 2. The highest BCUT2D eigenvalue weighted by Crippen LogP contribution is 2.32. The highest BCUT2D eigenvalue weighted by atomic mass is 35.5. The van der Waals surface area contributed by atoms with Gasteiger partial charge in [0.2, 0.25) is 11.8 Å². The average molecular weight is 302 g/mol. The van der Waals surface area contributed by atoms with Crippen molar-refractivity contribution in [1.82, 2.24) is 5.32 Å². The Morgan fingerprint density at radius 1 is 1.42 bits per heavy atom. The Bertz CT molecular complexity index is 506. The monoisotopic (exact) mass is 301 g/mol. The fourth-order valence-electron chi connectivity index (χ4n) is 1.45. The van der Waals surface area contributed by atoms with Crippen LogP contribution in [0, 0.1) is 0 Å². The molecule has 0 spiro atoms. The maximum absolute atomic E-state index is 11.6. The van der Waals surface area contributed by atoms with Crippen LogP contribution in [-0.2, 0) is 4.79 Å². The first-order valence-corrected chi connectivity index (χ1v) is 6.98. The van der Waals surface area contributed by atoms with Gasteiger partial charge in [0.15, 0.2) is 0 Å². The molecule has 0 aliphatic carbocycles. The Balaban J connectivity index is 2.89. The summed E-state index contributed by atoms with van der Waals surface area (Å²) in [5.41, 5.74) is 11.5. The lowest BCUT2D eigenvalue weighted by molar-refractivity contribution is -0.119. The predicted octanol–water partition coefficient (Wildman–Crippen LogP) is 1.64. The Morgan fingerprint density at radius 3 is 2.58 bits per heavy atom. The molecule has 0 aromatic heterocycles. The zero-order valence-corrected chi connectivity index (χ0v) is 12.3. The predicted molar refractivity (Wildman–Crippen MR) is 78.4 cm³/mol. The average Bonchev–Trinajstić information content (AvgIpc) is 2.25. The molecule has 1 aromatic carbocycles. The van der Waals surface area contributed by atoms with Crippen LogP contribution in [-0.4, -0.2) is 23.6 Å². The second-order valence-corrected chi connectivity index (χ2v) is 5.65. The van der Waals surface area contributed by atoms with Gasteiger partial charge in [0.25, 0.3) is 0 Å². The Labute approximate surface area is 121 Å². The zero-order chi connectivity index (χ0) is 14.6. The van der Waals surface area contributed by atoms with E-state index in [1.54, 1.807) is 0 Å². The van der Waals surface area contributed by atoms with Gasteiger partial charge in [0, 0.05) is 16.6 Å². The number of carbonyl (C=O) groups excluding carboxylic acids is 2. The maximum atomic E-state index is 11.6. The van der Waals surface area contributed by atoms with Crippen molar-refractivity contribution < 1.29 is 9.59 Å². The third-order valence-corrected chi connectivity index (χ3v) is 3.67. The van der Waals surface area contributed by atoms with Gasteiger partial charge in [0.1, 0.15) is 0 Å². The number of anilines is 1. The van der Waals surface area contributed by atoms with Gasteiger partial charge in [-0.05, 0) is 26.0 Å². The molecular weight excluding hydrogens is 286 g/mol. The molecule has 0 aliphatic heterocycles. The number of benzene rings is 1. The normalized spacial score (nSPS) is 10.5. The van der Waals surface area contributed by atoms with Crippen molar-refractivity contribution in [3.8, 4) is 0 Å². The molecule has 0 unspecified atom stereocenters. The summed E-state index contributed by atoms with van der Waals surface area (Å²) in [6.45, 7) is 3.74. The summed E-state index contributed by atoms with van der Waals surface area (Å²) in [5, 5.41) is 3.06. The molecule has 5 nitrogen and oxygen atoms in total. The molecule has 0 aliphatic rings. The number of thioether (sulfide) groups is 1. The number of hydrogen-bond acceptors (Lipinski definition) is 4. The first kappa shape index (κ1) is 15.7. The summed E-state index contributed by atoms with van der Waals surface area (Å²) >= 11 is 7.19. The lowest BCUT2D eigenvalue weighted by atomic mass is 10.2. The lowest BCUT2D eigenvalue weighted by Crippen LogP contribution is -2.31. The fourth-order valence-corrected chi connectivity index (χ4v) is 2.71. The molecule has 19 heavy (non-hydrogen) atoms. The molecule has 0 heterocycles. The second-order valence-electron chi connectivity index (χ2n) is 4.25. The summed E-state index contributed by atoms with van der Waals surface area (Å²) in [5.74, 6) is -0.605. The lowest BCUT2D eigenvalue weighted by Gasteiger charge is -2.11. The second kappa shape index (κ2) is 6.68. The van der Waals surface area contributed by atoms with Crippen LogP contribution in [0.4, 0.5) is 5.69 Å². The summed E-state index contributed by atoms with van der Waals surface area (Å²) in [4.78, 5) is 23.4. The molecule has 5 N–H and O–H groups in total. The van der Waals surface area contributed by atoms with Gasteiger partial charge in [-0.2, -0.15) is 0 Å². The van der Waals surface area contributed by atoms with E-state index in [9.17, 15) is 9.59 Å². The quantitative estimate of drug-likeness (QED) is 0.569. The van der Waals surface area contributed by atoms with Gasteiger partial charge in [-0.15, -0.1) is 11.8 Å². The fraction of sp³-hybridized carbons (Fsp3) is 0.333. The Kier molecular flexibility index (Phi) is 5.50. The van der Waals surface area contributed by atoms with Crippen LogP contribution in [0.2, 0.25) is 5.02 Å². The van der Waals surface area contributed by atoms with Crippen molar-refractivity contribution in [1.29, 1.82) is 0 Å². The molecule has 0 saturated carbocycles. The first-order chi connectivity index (χ1) is 8.81. The molecule has 0 bridgehead atoms. The number of nitrogen functional groups attached to an aromatic ring is 1. The number of halogens is 1. The van der Waals surface area contributed by atoms with Crippen molar-refractivity contribution in [2.45, 2.75) is 24.8 Å². The van der Waals surface area contributed by atoms with Crippen LogP contribution >= 0.6 is 23.4 Å². The molecule has 0 fully saturated rings. The minimum absolute atomic E-state index is 0.0607. The van der Waals surface area contributed by atoms with E-state index in [1.165, 1.54) is 12.1 Å². The number of rotatable bonds is 5. The van der Waals surface area contributed by atoms with Crippen LogP contribution in [0.5, 0.6) is 0 Å². The zero-order valence-electron chi connectivity index (χ0n) is 10.7. The van der Waals surface area contributed by atoms with Crippen molar-refractivity contribution in [2.75, 3.05) is 11.5 Å². The number of carbonyl (C=O) groups is 2. The summed E-state index contributed by atoms with van der Waals surface area (Å²) in [7, 11) is 0. The molecule has 1 aromatic rings. The van der Waals surface area contributed by atoms with Gasteiger partial charge in [-0.1, -0.05) is 11.6 Å². The molecule has 2 amide bonds. The van der Waals surface area contributed by atoms with Crippen molar-refractivity contribution >= 4 is 40.9 Å². The topological polar surface area (TPSA) is 98.2 Å². The first-order valence-electron chi connectivity index (χ1n) is 5.62. The van der Waals surface area contributed by atoms with Crippen LogP contribution in [0.25, 0.3) is 0 Å². The van der Waals surface area contributed by atoms with E-state index >= 15 is 0 Å². The summed E-state index contributed by atoms with van der Waals surface area (Å²) in [6, 6.07) is 3.04. The molecule has 0 saturated heterocycles. The molecule has 104 valence electrons. The molecule has 1 rings (SSSR count). The minimum atomic E-state index is -0.624. The summed E-state index contributed by atoms with van der Waals surface area (Å²) < 4.78 is 0. The number of primary amides is 1. The largest absolute Gasteiger partial charge is 0.399 e. The molecule has 0 radical (unpaired) electrons. The smallest absolute Gasteiger partial charge is 0.249 e. The SMILES string of the molecule is CC(C)NC(=O)CSc1c(Cl)cc(N)cc1C(N)=O. The van der Waals surface area contributed by atoms with E-state index < -0.39 is 5.91 Å². The van der Waals surface area contributed by atoms with Gasteiger partial charge >= 0.3 is 0 Å². The molecule has 7 heteroatoms. The third kappa shape index (κ3) is 4.65. The van der Waals surface area contributed by atoms with E-state index in [1.807, 2.05) is 13.8 Å². The molecule has 0 atom stereocenters. The highest BCUT2D eigenvalue weighted by molar-refractivity contribution is 8.00. The van der Waals surface area contributed by atoms with Crippen LogP contribution in [0.3, 0.4) is 0 Å². The number of nitrogens with two attached hydrogens (primary N) is 2. The van der Waals surface area contributed by atoms with Crippen LogP contribution < -0.4 is 16.8 Å². The van der Waals surface area contributed by atoms with E-state index in [4.69, 9.17) is 23.1 Å². The van der Waals surface area contributed by atoms with Gasteiger partial charge in [-0.25, -0.2) is 0 Å². The maximum Gasteiger partial charge on any atom is 0.249 e. The minimum Gasteiger partial charge on any atom is -0.399 e. The van der Waals surface area contributed by atoms with Gasteiger partial charge < -0.3 is 16.8 Å². The Hall–Kier alpha value is -1.40. The summed E-state index contributed by atoms with van der Waals surface area (Å²) in [6.07, 6.45) is 0. The van der Waals surface area contributed by atoms with E-state index in [0.29, 0.717) is 15.6 Å². The highest BCUT2D eigenvalue weighted by Gasteiger charge is 2.15. The van der Waals surface area contributed by atoms with Gasteiger partial charge in [-0.3, -0.25) is 9.59 Å². The van der Waals surface area contributed by atoms with E-state index in [0.717, 1.165) is 11.8 Å². The van der Waals surface area contributed by atoms with Crippen LogP contribution in [0.1, 0.15) is 24.2 Å². The Morgan fingerprint density at radius 2 is 2.05 bits per heavy atom. The number of nitrogens with one attached hydrogen (secondary N) is 1. The number of hydrogen-bond donors (Lipinski definition) is 3. The van der Waals surface area contributed by atoms with Gasteiger partial charge in [0.05, 0.1) is 16.3 Å². The third-order valence-electron chi connectivity index (χ3n) is 2.13. The van der Waals surface area contributed by atoms with E-state index in [2.05, 4.69) is 5.32 Å². The standard InChI is InChI=1S/C12H16ClN3O2S/c1-6(2)16-10(17)5-19-11-8(12(15)18)3-7(14)4-9(11)13/h3-4,6H,5,14H2,1-2H3,(H2,15,18)(H,16,17). The molecular formula is C12H16ClN3O2S. The van der Waals surface area contributed by atoms with Crippen LogP contribution in [0.15, 0.2) is 17.0 Å².